The molecule has 1 aromatic carbocycles. The van der Waals surface area contributed by atoms with E-state index in [1.54, 1.807) is 0 Å². The highest BCUT2D eigenvalue weighted by molar-refractivity contribution is 5.43. The van der Waals surface area contributed by atoms with Crippen LogP contribution in [0, 0.1) is 11.8 Å². The van der Waals surface area contributed by atoms with Crippen LogP contribution in [0.4, 0.5) is 0 Å². The Bertz CT molecular complexity index is 470. The predicted octanol–water partition coefficient (Wildman–Crippen LogP) is 2.79. The highest BCUT2D eigenvalue weighted by Crippen LogP contribution is 2.48. The van der Waals surface area contributed by atoms with Gasteiger partial charge in [-0.15, -0.1) is 0 Å². The third-order valence-corrected chi connectivity index (χ3v) is 5.46. The minimum absolute atomic E-state index is 0.224. The summed E-state index contributed by atoms with van der Waals surface area (Å²) in [4.78, 5) is 2.47. The molecular weight excluding hydrogens is 222 g/mol. The van der Waals surface area contributed by atoms with E-state index in [2.05, 4.69) is 31.9 Å². The summed E-state index contributed by atoms with van der Waals surface area (Å²) in [7, 11) is 2.24. The highest BCUT2D eigenvalue weighted by Gasteiger charge is 2.44. The van der Waals surface area contributed by atoms with Gasteiger partial charge in [-0.25, -0.2) is 0 Å². The molecule has 0 spiro atoms. The zero-order valence-corrected chi connectivity index (χ0v) is 11.6. The lowest BCUT2D eigenvalue weighted by Crippen LogP contribution is -2.41. The van der Waals surface area contributed by atoms with Crippen LogP contribution < -0.4 is 0 Å². The van der Waals surface area contributed by atoms with Gasteiger partial charge in [0.2, 0.25) is 0 Å². The van der Waals surface area contributed by atoms with Gasteiger partial charge in [0.15, 0.2) is 0 Å². The van der Waals surface area contributed by atoms with Crippen molar-refractivity contribution in [3.05, 3.63) is 29.3 Å². The van der Waals surface area contributed by atoms with E-state index in [0.717, 1.165) is 18.9 Å². The van der Waals surface area contributed by atoms with Crippen LogP contribution >= 0.6 is 0 Å². The fourth-order valence-electron chi connectivity index (χ4n) is 4.00. The molecule has 3 atom stereocenters. The first-order chi connectivity index (χ1) is 8.50. The second kappa shape index (κ2) is 3.99. The zero-order valence-electron chi connectivity index (χ0n) is 11.6. The third-order valence-electron chi connectivity index (χ3n) is 5.46. The Balaban J connectivity index is 2.13. The molecule has 1 aromatic rings. The van der Waals surface area contributed by atoms with E-state index in [1.165, 1.54) is 24.1 Å². The molecule has 3 rings (SSSR count). The van der Waals surface area contributed by atoms with Gasteiger partial charge in [0.1, 0.15) is 5.75 Å². The number of phenols is 1. The number of nitrogens with zero attached hydrogens (tertiary/aromatic N) is 1. The predicted molar refractivity (Wildman–Crippen MR) is 73.9 cm³/mol. The van der Waals surface area contributed by atoms with E-state index in [9.17, 15) is 5.11 Å². The van der Waals surface area contributed by atoms with Crippen molar-refractivity contribution in [3.8, 4) is 5.75 Å². The maximum atomic E-state index is 9.80. The van der Waals surface area contributed by atoms with Crippen LogP contribution in [0.25, 0.3) is 0 Å². The molecule has 2 heteroatoms. The topological polar surface area (TPSA) is 23.5 Å². The van der Waals surface area contributed by atoms with Crippen molar-refractivity contribution in [1.82, 2.24) is 4.90 Å². The van der Waals surface area contributed by atoms with Crippen LogP contribution in [0.3, 0.4) is 0 Å². The van der Waals surface area contributed by atoms with E-state index in [-0.39, 0.29) is 5.41 Å². The standard InChI is InChI=1S/C16H23NO/c1-11-13-8-12-4-5-14(18)9-15(12)16(11,2)6-7-17(3)10-13/h4-5,9,11,13,18H,6-8,10H2,1-3H3/t11-,13+,16+/m0/s1. The Kier molecular flexibility index (Phi) is 2.67. The van der Waals surface area contributed by atoms with Crippen molar-refractivity contribution >= 4 is 0 Å². The molecule has 1 fully saturated rings. The molecule has 0 saturated carbocycles. The molecule has 0 amide bonds. The number of rotatable bonds is 0. The van der Waals surface area contributed by atoms with Crippen LogP contribution in [-0.2, 0) is 11.8 Å². The van der Waals surface area contributed by atoms with E-state index in [1.807, 2.05) is 12.1 Å². The maximum absolute atomic E-state index is 9.80. The molecule has 0 aromatic heterocycles. The van der Waals surface area contributed by atoms with E-state index >= 15 is 0 Å². The van der Waals surface area contributed by atoms with Crippen molar-refractivity contribution < 1.29 is 5.11 Å². The minimum Gasteiger partial charge on any atom is -0.508 e. The highest BCUT2D eigenvalue weighted by atomic mass is 16.3. The lowest BCUT2D eigenvalue weighted by Gasteiger charge is -2.44. The number of fused-ring (bicyclic) bond motifs is 4. The van der Waals surface area contributed by atoms with E-state index in [0.29, 0.717) is 11.7 Å². The summed E-state index contributed by atoms with van der Waals surface area (Å²) in [6.45, 7) is 7.15. The summed E-state index contributed by atoms with van der Waals surface area (Å²) in [5.41, 5.74) is 3.07. The molecule has 1 N–H and O–H groups in total. The van der Waals surface area contributed by atoms with Gasteiger partial charge in [-0.05, 0) is 66.9 Å². The SMILES string of the molecule is C[C@H]1[C@@H]2Cc3ccc(O)cc3[C@]1(C)CCN(C)C2. The van der Waals surface area contributed by atoms with Crippen LogP contribution in [0.1, 0.15) is 31.4 Å². The Morgan fingerprint density at radius 1 is 1.39 bits per heavy atom. The fraction of sp³-hybridized carbons (Fsp3) is 0.625. The van der Waals surface area contributed by atoms with Crippen molar-refractivity contribution in [2.24, 2.45) is 11.8 Å². The number of likely N-dealkylation sites (tertiary alicyclic amines) is 1. The molecule has 1 aliphatic carbocycles. The molecule has 2 bridgehead atoms. The van der Waals surface area contributed by atoms with E-state index < -0.39 is 0 Å². The molecule has 18 heavy (non-hydrogen) atoms. The van der Waals surface area contributed by atoms with Gasteiger partial charge < -0.3 is 10.0 Å². The Morgan fingerprint density at radius 3 is 2.94 bits per heavy atom. The van der Waals surface area contributed by atoms with Crippen LogP contribution in [0.15, 0.2) is 18.2 Å². The lowest BCUT2D eigenvalue weighted by atomic mass is 9.60. The fourth-order valence-corrected chi connectivity index (χ4v) is 4.00. The number of hydrogen-bond donors (Lipinski definition) is 1. The van der Waals surface area contributed by atoms with Gasteiger partial charge in [-0.3, -0.25) is 0 Å². The first-order valence-electron chi connectivity index (χ1n) is 7.01. The van der Waals surface area contributed by atoms with Crippen molar-refractivity contribution in [3.63, 3.8) is 0 Å². The summed E-state index contributed by atoms with van der Waals surface area (Å²) >= 11 is 0. The monoisotopic (exact) mass is 245 g/mol. The van der Waals surface area contributed by atoms with Gasteiger partial charge in [0.25, 0.3) is 0 Å². The summed E-state index contributed by atoms with van der Waals surface area (Å²) in [5.74, 6) is 1.86. The number of aromatic hydroxyl groups is 1. The quantitative estimate of drug-likeness (QED) is 0.759. The number of hydrogen-bond acceptors (Lipinski definition) is 2. The summed E-state index contributed by atoms with van der Waals surface area (Å²) in [5, 5.41) is 9.80. The number of phenolic OH excluding ortho intramolecular Hbond substituents is 1. The van der Waals surface area contributed by atoms with Crippen molar-refractivity contribution in [2.75, 3.05) is 20.1 Å². The molecule has 1 saturated heterocycles. The first kappa shape index (κ1) is 12.0. The van der Waals surface area contributed by atoms with Gasteiger partial charge in [0, 0.05) is 6.54 Å². The summed E-state index contributed by atoms with van der Waals surface area (Å²) in [6, 6.07) is 5.98. The molecule has 0 unspecified atom stereocenters. The van der Waals surface area contributed by atoms with Gasteiger partial charge in [-0.1, -0.05) is 19.9 Å². The Hall–Kier alpha value is -1.02. The molecular formula is C16H23NO. The normalized spacial score (nSPS) is 35.9. The molecule has 2 aliphatic rings. The van der Waals surface area contributed by atoms with Gasteiger partial charge >= 0.3 is 0 Å². The zero-order chi connectivity index (χ0) is 12.9. The second-order valence-electron chi connectivity index (χ2n) is 6.52. The number of benzene rings is 1. The average molecular weight is 245 g/mol. The minimum atomic E-state index is 0.224. The summed E-state index contributed by atoms with van der Waals surface area (Å²) in [6.07, 6.45) is 2.36. The Labute approximate surface area is 110 Å². The Morgan fingerprint density at radius 2 is 2.17 bits per heavy atom. The van der Waals surface area contributed by atoms with Crippen LogP contribution in [0.2, 0.25) is 0 Å². The summed E-state index contributed by atoms with van der Waals surface area (Å²) < 4.78 is 0. The van der Waals surface area contributed by atoms with Gasteiger partial charge in [-0.2, -0.15) is 0 Å². The van der Waals surface area contributed by atoms with Crippen molar-refractivity contribution in [2.45, 2.75) is 32.1 Å². The average Bonchev–Trinajstić information content (AvgIpc) is 2.41. The molecule has 98 valence electrons. The molecule has 2 nitrogen and oxygen atoms in total. The lowest BCUT2D eigenvalue weighted by molar-refractivity contribution is 0.197. The van der Waals surface area contributed by atoms with E-state index in [4.69, 9.17) is 0 Å². The second-order valence-corrected chi connectivity index (χ2v) is 6.52. The molecule has 1 aliphatic heterocycles. The third kappa shape index (κ3) is 1.66. The largest absolute Gasteiger partial charge is 0.508 e. The first-order valence-corrected chi connectivity index (χ1v) is 7.01. The molecule has 1 heterocycles. The van der Waals surface area contributed by atoms with Gasteiger partial charge in [0.05, 0.1) is 0 Å². The maximum Gasteiger partial charge on any atom is 0.115 e. The van der Waals surface area contributed by atoms with Crippen LogP contribution in [0.5, 0.6) is 5.75 Å². The van der Waals surface area contributed by atoms with Crippen molar-refractivity contribution in [1.29, 1.82) is 0 Å². The molecule has 0 radical (unpaired) electrons. The smallest absolute Gasteiger partial charge is 0.115 e. The van der Waals surface area contributed by atoms with Crippen LogP contribution in [-0.4, -0.2) is 30.1 Å².